The van der Waals surface area contributed by atoms with Crippen molar-refractivity contribution in [2.45, 2.75) is 44.7 Å². The Morgan fingerprint density at radius 2 is 2.33 bits per heavy atom. The number of rotatable bonds is 5. The number of nitrogens with one attached hydrogen (secondary N) is 1. The number of methoxy groups -OCH3 is 1. The Hall–Kier alpha value is -0.610. The molecule has 0 radical (unpaired) electrons. The van der Waals surface area contributed by atoms with Crippen LogP contribution in [0.1, 0.15) is 32.6 Å². The van der Waals surface area contributed by atoms with E-state index < -0.39 is 6.04 Å². The van der Waals surface area contributed by atoms with Crippen LogP contribution in [-0.4, -0.2) is 31.7 Å². The zero-order chi connectivity index (χ0) is 11.3. The van der Waals surface area contributed by atoms with Gasteiger partial charge in [0.15, 0.2) is 0 Å². The van der Waals surface area contributed by atoms with E-state index >= 15 is 0 Å². The topological polar surface area (TPSA) is 64.3 Å². The second-order valence-electron chi connectivity index (χ2n) is 4.41. The third kappa shape index (κ3) is 3.80. The summed E-state index contributed by atoms with van der Waals surface area (Å²) in [6, 6.07) is -0.108. The van der Waals surface area contributed by atoms with Gasteiger partial charge in [0, 0.05) is 19.8 Å². The van der Waals surface area contributed by atoms with Crippen molar-refractivity contribution in [3.05, 3.63) is 0 Å². The average molecular weight is 214 g/mol. The van der Waals surface area contributed by atoms with E-state index in [4.69, 9.17) is 10.5 Å². The number of carbonyl (C=O) groups is 1. The summed E-state index contributed by atoms with van der Waals surface area (Å²) in [5.41, 5.74) is 5.73. The first-order valence-electron chi connectivity index (χ1n) is 5.70. The van der Waals surface area contributed by atoms with Crippen molar-refractivity contribution in [2.75, 3.05) is 13.7 Å². The standard InChI is InChI=1S/C11H22N2O2/c1-8-4-3-5-10(8)13-11(14)9(12)6-7-15-2/h8-10H,3-7,12H2,1-2H3,(H,13,14). The molecule has 4 heteroatoms. The van der Waals surface area contributed by atoms with Gasteiger partial charge < -0.3 is 15.8 Å². The molecule has 0 bridgehead atoms. The minimum Gasteiger partial charge on any atom is -0.385 e. The van der Waals surface area contributed by atoms with Crippen molar-refractivity contribution in [1.82, 2.24) is 5.32 Å². The van der Waals surface area contributed by atoms with Gasteiger partial charge in [0.1, 0.15) is 0 Å². The summed E-state index contributed by atoms with van der Waals surface area (Å²) in [4.78, 5) is 11.7. The maximum Gasteiger partial charge on any atom is 0.237 e. The summed E-state index contributed by atoms with van der Waals surface area (Å²) in [5.74, 6) is 0.550. The molecular weight excluding hydrogens is 192 g/mol. The normalized spacial score (nSPS) is 27.7. The Morgan fingerprint density at radius 3 is 2.87 bits per heavy atom. The van der Waals surface area contributed by atoms with Gasteiger partial charge in [-0.2, -0.15) is 0 Å². The van der Waals surface area contributed by atoms with E-state index in [0.717, 1.165) is 6.42 Å². The molecule has 1 rings (SSSR count). The molecule has 0 heterocycles. The maximum absolute atomic E-state index is 11.7. The van der Waals surface area contributed by atoms with Crippen molar-refractivity contribution in [3.63, 3.8) is 0 Å². The van der Waals surface area contributed by atoms with Crippen molar-refractivity contribution in [3.8, 4) is 0 Å². The molecule has 0 aliphatic heterocycles. The molecule has 0 aromatic rings. The highest BCUT2D eigenvalue weighted by atomic mass is 16.5. The van der Waals surface area contributed by atoms with E-state index in [2.05, 4.69) is 12.2 Å². The fraction of sp³-hybridized carbons (Fsp3) is 0.909. The van der Waals surface area contributed by atoms with Gasteiger partial charge >= 0.3 is 0 Å². The number of hydrogen-bond acceptors (Lipinski definition) is 3. The van der Waals surface area contributed by atoms with E-state index in [0.29, 0.717) is 25.0 Å². The molecule has 1 saturated carbocycles. The fourth-order valence-electron chi connectivity index (χ4n) is 2.03. The zero-order valence-corrected chi connectivity index (χ0v) is 9.66. The molecule has 0 spiro atoms. The van der Waals surface area contributed by atoms with E-state index in [-0.39, 0.29) is 5.91 Å². The van der Waals surface area contributed by atoms with E-state index in [1.807, 2.05) is 0 Å². The number of ether oxygens (including phenoxy) is 1. The SMILES string of the molecule is COCCC(N)C(=O)NC1CCCC1C. The highest BCUT2D eigenvalue weighted by Crippen LogP contribution is 2.24. The van der Waals surface area contributed by atoms with E-state index in [1.54, 1.807) is 7.11 Å². The lowest BCUT2D eigenvalue weighted by Crippen LogP contribution is -2.46. The van der Waals surface area contributed by atoms with Crippen LogP contribution in [0.3, 0.4) is 0 Å². The molecule has 1 fully saturated rings. The Morgan fingerprint density at radius 1 is 1.60 bits per heavy atom. The first-order chi connectivity index (χ1) is 7.15. The lowest BCUT2D eigenvalue weighted by atomic mass is 10.1. The smallest absolute Gasteiger partial charge is 0.237 e. The Balaban J connectivity index is 2.27. The third-order valence-electron chi connectivity index (χ3n) is 3.16. The summed E-state index contributed by atoms with van der Waals surface area (Å²) in [6.07, 6.45) is 4.09. The molecule has 3 unspecified atom stereocenters. The second kappa shape index (κ2) is 6.08. The second-order valence-corrected chi connectivity index (χ2v) is 4.41. The van der Waals surface area contributed by atoms with Gasteiger partial charge in [-0.1, -0.05) is 13.3 Å². The van der Waals surface area contributed by atoms with Gasteiger partial charge in [0.05, 0.1) is 6.04 Å². The van der Waals surface area contributed by atoms with Crippen LogP contribution in [0, 0.1) is 5.92 Å². The van der Waals surface area contributed by atoms with Crippen molar-refractivity contribution < 1.29 is 9.53 Å². The van der Waals surface area contributed by atoms with E-state index in [1.165, 1.54) is 12.8 Å². The third-order valence-corrected chi connectivity index (χ3v) is 3.16. The summed E-state index contributed by atoms with van der Waals surface area (Å²) < 4.78 is 4.89. The van der Waals surface area contributed by atoms with Gasteiger partial charge in [-0.05, 0) is 25.2 Å². The molecule has 0 saturated heterocycles. The average Bonchev–Trinajstić information content (AvgIpc) is 2.61. The fourth-order valence-corrected chi connectivity index (χ4v) is 2.03. The Labute approximate surface area is 91.5 Å². The first kappa shape index (κ1) is 12.5. The minimum atomic E-state index is -0.433. The number of hydrogen-bond donors (Lipinski definition) is 2. The van der Waals surface area contributed by atoms with Gasteiger partial charge in [0.25, 0.3) is 0 Å². The monoisotopic (exact) mass is 214 g/mol. The predicted octanol–water partition coefficient (Wildman–Crippen LogP) is 0.655. The van der Waals surface area contributed by atoms with Crippen LogP contribution in [0.2, 0.25) is 0 Å². The Kier molecular flexibility index (Phi) is 5.05. The van der Waals surface area contributed by atoms with Crippen molar-refractivity contribution in [2.24, 2.45) is 11.7 Å². The van der Waals surface area contributed by atoms with Crippen LogP contribution in [0.25, 0.3) is 0 Å². The number of amides is 1. The van der Waals surface area contributed by atoms with Crippen LogP contribution in [-0.2, 0) is 9.53 Å². The largest absolute Gasteiger partial charge is 0.385 e. The minimum absolute atomic E-state index is 0.0363. The van der Waals surface area contributed by atoms with Crippen LogP contribution in [0.5, 0.6) is 0 Å². The summed E-state index contributed by atoms with van der Waals surface area (Å²) in [7, 11) is 1.61. The van der Waals surface area contributed by atoms with Crippen LogP contribution in [0.15, 0.2) is 0 Å². The highest BCUT2D eigenvalue weighted by molar-refractivity contribution is 5.81. The Bertz CT molecular complexity index is 209. The summed E-state index contributed by atoms with van der Waals surface area (Å²) >= 11 is 0. The van der Waals surface area contributed by atoms with Gasteiger partial charge in [-0.3, -0.25) is 4.79 Å². The van der Waals surface area contributed by atoms with Crippen molar-refractivity contribution in [1.29, 1.82) is 0 Å². The van der Waals surface area contributed by atoms with Gasteiger partial charge in [-0.25, -0.2) is 0 Å². The molecule has 1 amide bonds. The number of nitrogens with two attached hydrogens (primary N) is 1. The lowest BCUT2D eigenvalue weighted by molar-refractivity contribution is -0.123. The molecule has 1 aliphatic rings. The molecule has 88 valence electrons. The van der Waals surface area contributed by atoms with Crippen LogP contribution >= 0.6 is 0 Å². The molecule has 0 aromatic heterocycles. The summed E-state index contributed by atoms with van der Waals surface area (Å²) in [6.45, 7) is 2.72. The van der Waals surface area contributed by atoms with Gasteiger partial charge in [-0.15, -0.1) is 0 Å². The quantitative estimate of drug-likeness (QED) is 0.706. The molecule has 15 heavy (non-hydrogen) atoms. The van der Waals surface area contributed by atoms with Crippen molar-refractivity contribution >= 4 is 5.91 Å². The van der Waals surface area contributed by atoms with Crippen LogP contribution in [0.4, 0.5) is 0 Å². The predicted molar refractivity (Wildman–Crippen MR) is 59.4 cm³/mol. The van der Waals surface area contributed by atoms with Crippen LogP contribution < -0.4 is 11.1 Å². The first-order valence-corrected chi connectivity index (χ1v) is 5.70. The zero-order valence-electron chi connectivity index (χ0n) is 9.66. The molecule has 4 nitrogen and oxygen atoms in total. The molecular formula is C11H22N2O2. The summed E-state index contributed by atoms with van der Waals surface area (Å²) in [5, 5.41) is 3.02. The number of carbonyl (C=O) groups excluding carboxylic acids is 1. The molecule has 1 aliphatic carbocycles. The lowest BCUT2D eigenvalue weighted by Gasteiger charge is -2.20. The maximum atomic E-state index is 11.7. The van der Waals surface area contributed by atoms with E-state index in [9.17, 15) is 4.79 Å². The highest BCUT2D eigenvalue weighted by Gasteiger charge is 2.26. The van der Waals surface area contributed by atoms with Gasteiger partial charge in [0.2, 0.25) is 5.91 Å². The molecule has 3 atom stereocenters. The molecule has 0 aromatic carbocycles. The molecule has 3 N–H and O–H groups in total.